The molecule has 2 aromatic heterocycles. The number of likely N-dealkylation sites (N-methyl/N-ethyl adjacent to an activating group) is 1. The summed E-state index contributed by atoms with van der Waals surface area (Å²) in [5, 5.41) is 12.9. The van der Waals surface area contributed by atoms with Gasteiger partial charge in [0, 0.05) is 25.8 Å². The number of aromatic nitrogens is 4. The largest absolute Gasteiger partial charge is 0.376 e. The van der Waals surface area contributed by atoms with Gasteiger partial charge in [0.15, 0.2) is 11.5 Å². The maximum Gasteiger partial charge on any atom is 0.185 e. The maximum atomic E-state index is 13.5. The highest BCUT2D eigenvalue weighted by atomic mass is 19.1. The van der Waals surface area contributed by atoms with Gasteiger partial charge >= 0.3 is 0 Å². The monoisotopic (exact) mass is 327 g/mol. The molecule has 0 saturated carbocycles. The lowest BCUT2D eigenvalue weighted by molar-refractivity contribution is 0.116. The van der Waals surface area contributed by atoms with Crippen molar-refractivity contribution >= 4 is 11.5 Å². The van der Waals surface area contributed by atoms with Crippen LogP contribution in [0.15, 0.2) is 36.4 Å². The molecule has 4 rings (SSSR count). The van der Waals surface area contributed by atoms with E-state index in [1.807, 2.05) is 19.2 Å². The molecule has 3 aromatic rings. The predicted molar refractivity (Wildman–Crippen MR) is 88.4 cm³/mol. The molecular formula is C17H18FN5O. The molecule has 24 heavy (non-hydrogen) atoms. The van der Waals surface area contributed by atoms with Crippen LogP contribution in [0.25, 0.3) is 17.0 Å². The SMILES string of the molecule is CN(C[C@H]1CCCO1)c1ccc2nnc(-c3cccc(F)c3)n2n1. The third kappa shape index (κ3) is 2.82. The second-order valence-corrected chi connectivity index (χ2v) is 6.01. The number of anilines is 1. The first kappa shape index (κ1) is 15.0. The lowest BCUT2D eigenvalue weighted by Gasteiger charge is -2.21. The zero-order chi connectivity index (χ0) is 16.5. The molecule has 0 N–H and O–H groups in total. The summed E-state index contributed by atoms with van der Waals surface area (Å²) < 4.78 is 20.8. The molecule has 0 aliphatic carbocycles. The Morgan fingerprint density at radius 1 is 1.29 bits per heavy atom. The Hall–Kier alpha value is -2.54. The van der Waals surface area contributed by atoms with Gasteiger partial charge in [-0.2, -0.15) is 4.52 Å². The number of rotatable bonds is 4. The van der Waals surface area contributed by atoms with E-state index in [4.69, 9.17) is 4.74 Å². The van der Waals surface area contributed by atoms with Crippen LogP contribution < -0.4 is 4.90 Å². The molecule has 0 spiro atoms. The first-order chi connectivity index (χ1) is 11.7. The Labute approximate surface area is 138 Å². The first-order valence-electron chi connectivity index (χ1n) is 8.02. The van der Waals surface area contributed by atoms with Gasteiger partial charge in [-0.3, -0.25) is 0 Å². The van der Waals surface area contributed by atoms with Crippen LogP contribution in [-0.2, 0) is 4.74 Å². The Morgan fingerprint density at radius 3 is 3.00 bits per heavy atom. The summed E-state index contributed by atoms with van der Waals surface area (Å²) in [5.74, 6) is 1.02. The van der Waals surface area contributed by atoms with Crippen molar-refractivity contribution in [2.24, 2.45) is 0 Å². The van der Waals surface area contributed by atoms with Gasteiger partial charge in [0.05, 0.1) is 6.10 Å². The van der Waals surface area contributed by atoms with Gasteiger partial charge in [-0.1, -0.05) is 12.1 Å². The van der Waals surface area contributed by atoms with Crippen LogP contribution in [0.4, 0.5) is 10.2 Å². The molecule has 1 saturated heterocycles. The summed E-state index contributed by atoms with van der Waals surface area (Å²) in [7, 11) is 1.99. The van der Waals surface area contributed by atoms with Crippen LogP contribution in [0, 0.1) is 5.82 Å². The quantitative estimate of drug-likeness (QED) is 0.737. The van der Waals surface area contributed by atoms with Crippen molar-refractivity contribution in [2.75, 3.05) is 25.1 Å². The number of benzene rings is 1. The molecule has 124 valence electrons. The van der Waals surface area contributed by atoms with Crippen LogP contribution in [0.3, 0.4) is 0 Å². The number of hydrogen-bond donors (Lipinski definition) is 0. The summed E-state index contributed by atoms with van der Waals surface area (Å²) in [6, 6.07) is 10.1. The minimum Gasteiger partial charge on any atom is -0.376 e. The van der Waals surface area contributed by atoms with Gasteiger partial charge in [0.25, 0.3) is 0 Å². The van der Waals surface area contributed by atoms with Gasteiger partial charge in [0.1, 0.15) is 11.6 Å². The third-order valence-electron chi connectivity index (χ3n) is 4.22. The average molecular weight is 327 g/mol. The van der Waals surface area contributed by atoms with E-state index in [0.29, 0.717) is 17.0 Å². The van der Waals surface area contributed by atoms with Gasteiger partial charge in [-0.25, -0.2) is 4.39 Å². The van der Waals surface area contributed by atoms with E-state index >= 15 is 0 Å². The number of halogens is 1. The van der Waals surface area contributed by atoms with Gasteiger partial charge in [-0.05, 0) is 37.1 Å². The second-order valence-electron chi connectivity index (χ2n) is 6.01. The lowest BCUT2D eigenvalue weighted by Crippen LogP contribution is -2.29. The summed E-state index contributed by atoms with van der Waals surface area (Å²) >= 11 is 0. The molecule has 1 fully saturated rings. The van der Waals surface area contributed by atoms with E-state index in [9.17, 15) is 4.39 Å². The van der Waals surface area contributed by atoms with Gasteiger partial charge < -0.3 is 9.64 Å². The van der Waals surface area contributed by atoms with Crippen LogP contribution in [0.2, 0.25) is 0 Å². The van der Waals surface area contributed by atoms with E-state index in [1.54, 1.807) is 16.6 Å². The zero-order valence-electron chi connectivity index (χ0n) is 13.4. The molecule has 1 aromatic carbocycles. The fourth-order valence-corrected chi connectivity index (χ4v) is 2.98. The predicted octanol–water partition coefficient (Wildman–Crippen LogP) is 2.55. The Bertz CT molecular complexity index is 859. The minimum absolute atomic E-state index is 0.246. The average Bonchev–Trinajstić information content (AvgIpc) is 3.23. The molecule has 0 amide bonds. The minimum atomic E-state index is -0.309. The highest BCUT2D eigenvalue weighted by Crippen LogP contribution is 2.21. The first-order valence-corrected chi connectivity index (χ1v) is 8.02. The molecule has 7 heteroatoms. The van der Waals surface area contributed by atoms with Crippen molar-refractivity contribution in [1.29, 1.82) is 0 Å². The van der Waals surface area contributed by atoms with Crippen molar-refractivity contribution in [2.45, 2.75) is 18.9 Å². The van der Waals surface area contributed by atoms with Gasteiger partial charge in [-0.15, -0.1) is 15.3 Å². The van der Waals surface area contributed by atoms with E-state index in [1.165, 1.54) is 12.1 Å². The maximum absolute atomic E-state index is 13.5. The van der Waals surface area contributed by atoms with E-state index < -0.39 is 0 Å². The normalized spacial score (nSPS) is 17.5. The molecule has 1 aliphatic rings. The van der Waals surface area contributed by atoms with E-state index in [0.717, 1.165) is 31.8 Å². The van der Waals surface area contributed by atoms with Crippen LogP contribution in [-0.4, -0.2) is 46.1 Å². The Kier molecular flexibility index (Phi) is 3.86. The van der Waals surface area contributed by atoms with E-state index in [2.05, 4.69) is 20.2 Å². The number of nitrogens with zero attached hydrogens (tertiary/aromatic N) is 5. The van der Waals surface area contributed by atoms with E-state index in [-0.39, 0.29) is 11.9 Å². The molecular weight excluding hydrogens is 309 g/mol. The molecule has 3 heterocycles. The molecule has 1 atom stereocenters. The van der Waals surface area contributed by atoms with Crippen molar-refractivity contribution in [3.63, 3.8) is 0 Å². The molecule has 0 radical (unpaired) electrons. The highest BCUT2D eigenvalue weighted by molar-refractivity contribution is 5.59. The highest BCUT2D eigenvalue weighted by Gasteiger charge is 2.19. The third-order valence-corrected chi connectivity index (χ3v) is 4.22. The summed E-state index contributed by atoms with van der Waals surface area (Å²) in [6.45, 7) is 1.62. The standard InChI is InChI=1S/C17H18FN5O/c1-22(11-14-6-3-9-24-14)16-8-7-15-19-20-17(23(15)21-16)12-4-2-5-13(18)10-12/h2,4-5,7-8,10,14H,3,6,9,11H2,1H3/t14-/m1/s1. The van der Waals surface area contributed by atoms with Crippen LogP contribution in [0.1, 0.15) is 12.8 Å². The molecule has 6 nitrogen and oxygen atoms in total. The number of fused-ring (bicyclic) bond motifs is 1. The Balaban J connectivity index is 1.67. The fraction of sp³-hybridized carbons (Fsp3) is 0.353. The molecule has 1 aliphatic heterocycles. The molecule has 0 unspecified atom stereocenters. The van der Waals surface area contributed by atoms with Crippen LogP contribution in [0.5, 0.6) is 0 Å². The number of hydrogen-bond acceptors (Lipinski definition) is 5. The summed E-state index contributed by atoms with van der Waals surface area (Å²) in [6.07, 6.45) is 2.43. The van der Waals surface area contributed by atoms with Crippen molar-refractivity contribution in [3.05, 3.63) is 42.2 Å². The number of ether oxygens (including phenoxy) is 1. The smallest absolute Gasteiger partial charge is 0.185 e. The van der Waals surface area contributed by atoms with Crippen LogP contribution >= 0.6 is 0 Å². The zero-order valence-corrected chi connectivity index (χ0v) is 13.4. The Morgan fingerprint density at radius 2 is 2.21 bits per heavy atom. The summed E-state index contributed by atoms with van der Waals surface area (Å²) in [5.41, 5.74) is 1.28. The molecule has 0 bridgehead atoms. The van der Waals surface area contributed by atoms with Crippen molar-refractivity contribution in [3.8, 4) is 11.4 Å². The van der Waals surface area contributed by atoms with Gasteiger partial charge in [0.2, 0.25) is 0 Å². The summed E-state index contributed by atoms with van der Waals surface area (Å²) in [4.78, 5) is 2.06. The lowest BCUT2D eigenvalue weighted by atomic mass is 10.2. The second kappa shape index (κ2) is 6.16. The van der Waals surface area contributed by atoms with Crippen molar-refractivity contribution in [1.82, 2.24) is 19.8 Å². The fourth-order valence-electron chi connectivity index (χ4n) is 2.98. The topological polar surface area (TPSA) is 55.5 Å². The van der Waals surface area contributed by atoms with Crippen molar-refractivity contribution < 1.29 is 9.13 Å².